The molecule has 2 fully saturated rings. The second kappa shape index (κ2) is 3.58. The standard InChI is InChI=1S/C11H22N2/c1-3-11(5-4-6-11)10-9-12-7-8-13(10)2/h10,12H,3-9H2,1-2H3. The van der Waals surface area contributed by atoms with Gasteiger partial charge >= 0.3 is 0 Å². The Labute approximate surface area is 81.7 Å². The van der Waals surface area contributed by atoms with Crippen LogP contribution in [0.25, 0.3) is 0 Å². The van der Waals surface area contributed by atoms with E-state index in [1.54, 1.807) is 0 Å². The van der Waals surface area contributed by atoms with Crippen LogP contribution in [0.2, 0.25) is 0 Å². The van der Waals surface area contributed by atoms with E-state index in [0.29, 0.717) is 5.41 Å². The van der Waals surface area contributed by atoms with Gasteiger partial charge in [0.15, 0.2) is 0 Å². The van der Waals surface area contributed by atoms with E-state index in [4.69, 9.17) is 0 Å². The number of hydrogen-bond donors (Lipinski definition) is 1. The minimum absolute atomic E-state index is 0.669. The number of hydrogen-bond acceptors (Lipinski definition) is 2. The van der Waals surface area contributed by atoms with Crippen molar-refractivity contribution in [2.75, 3.05) is 26.7 Å². The first-order valence-corrected chi connectivity index (χ1v) is 5.69. The molecule has 0 aromatic heterocycles. The van der Waals surface area contributed by atoms with Gasteiger partial charge in [-0.05, 0) is 31.7 Å². The van der Waals surface area contributed by atoms with Crippen molar-refractivity contribution >= 4 is 0 Å². The summed E-state index contributed by atoms with van der Waals surface area (Å²) in [5.41, 5.74) is 0.669. The average Bonchev–Trinajstić information content (AvgIpc) is 2.07. The number of likely N-dealkylation sites (N-methyl/N-ethyl adjacent to an activating group) is 1. The van der Waals surface area contributed by atoms with E-state index in [2.05, 4.69) is 24.2 Å². The summed E-state index contributed by atoms with van der Waals surface area (Å²) in [7, 11) is 2.29. The molecule has 1 saturated heterocycles. The normalized spacial score (nSPS) is 34.2. The third kappa shape index (κ3) is 1.50. The molecule has 1 N–H and O–H groups in total. The van der Waals surface area contributed by atoms with Crippen molar-refractivity contribution in [1.29, 1.82) is 0 Å². The Hall–Kier alpha value is -0.0800. The molecule has 0 radical (unpaired) electrons. The summed E-state index contributed by atoms with van der Waals surface area (Å²) in [5, 5.41) is 3.53. The Morgan fingerprint density at radius 3 is 2.69 bits per heavy atom. The summed E-state index contributed by atoms with van der Waals surface area (Å²) in [6.07, 6.45) is 5.74. The zero-order valence-corrected chi connectivity index (χ0v) is 8.97. The Balaban J connectivity index is 2.03. The zero-order valence-electron chi connectivity index (χ0n) is 8.97. The smallest absolute Gasteiger partial charge is 0.0274 e. The lowest BCUT2D eigenvalue weighted by molar-refractivity contribution is -0.00514. The predicted octanol–water partition coefficient (Wildman–Crippen LogP) is 1.47. The van der Waals surface area contributed by atoms with Crippen LogP contribution in [0.4, 0.5) is 0 Å². The fourth-order valence-electron chi connectivity index (χ4n) is 3.04. The van der Waals surface area contributed by atoms with Gasteiger partial charge in [0.2, 0.25) is 0 Å². The molecule has 1 aliphatic heterocycles. The van der Waals surface area contributed by atoms with Crippen molar-refractivity contribution in [3.05, 3.63) is 0 Å². The molecule has 0 spiro atoms. The molecular formula is C11H22N2. The first-order valence-electron chi connectivity index (χ1n) is 5.69. The number of nitrogens with one attached hydrogen (secondary N) is 1. The molecule has 1 atom stereocenters. The summed E-state index contributed by atoms with van der Waals surface area (Å²) in [6.45, 7) is 5.98. The van der Waals surface area contributed by atoms with Crippen LogP contribution < -0.4 is 5.32 Å². The SMILES string of the molecule is CCC1(C2CNCCN2C)CCC1. The molecule has 76 valence electrons. The highest BCUT2D eigenvalue weighted by molar-refractivity contribution is 4.99. The quantitative estimate of drug-likeness (QED) is 0.695. The van der Waals surface area contributed by atoms with Crippen molar-refractivity contribution in [1.82, 2.24) is 10.2 Å². The Bertz CT molecular complexity index is 169. The zero-order chi connectivity index (χ0) is 9.31. The van der Waals surface area contributed by atoms with E-state index in [9.17, 15) is 0 Å². The minimum Gasteiger partial charge on any atom is -0.314 e. The van der Waals surface area contributed by atoms with Gasteiger partial charge in [0.05, 0.1) is 0 Å². The molecule has 1 heterocycles. The second-order valence-electron chi connectivity index (χ2n) is 4.77. The average molecular weight is 182 g/mol. The lowest BCUT2D eigenvalue weighted by Crippen LogP contribution is -2.59. The Kier molecular flexibility index (Phi) is 2.61. The van der Waals surface area contributed by atoms with Gasteiger partial charge < -0.3 is 10.2 Å². The first kappa shape index (κ1) is 9.47. The van der Waals surface area contributed by atoms with Crippen LogP contribution in [0, 0.1) is 5.41 Å². The Morgan fingerprint density at radius 1 is 1.46 bits per heavy atom. The molecule has 1 unspecified atom stereocenters. The van der Waals surface area contributed by atoms with Gasteiger partial charge in [-0.25, -0.2) is 0 Å². The molecule has 0 aromatic rings. The van der Waals surface area contributed by atoms with Gasteiger partial charge in [0.1, 0.15) is 0 Å². The number of rotatable bonds is 2. The maximum absolute atomic E-state index is 3.53. The van der Waals surface area contributed by atoms with Crippen LogP contribution in [0.5, 0.6) is 0 Å². The van der Waals surface area contributed by atoms with E-state index >= 15 is 0 Å². The summed E-state index contributed by atoms with van der Waals surface area (Å²) in [4.78, 5) is 2.57. The van der Waals surface area contributed by atoms with Gasteiger partial charge in [-0.15, -0.1) is 0 Å². The van der Waals surface area contributed by atoms with Crippen LogP contribution in [-0.4, -0.2) is 37.6 Å². The molecule has 2 heteroatoms. The lowest BCUT2D eigenvalue weighted by Gasteiger charge is -2.52. The van der Waals surface area contributed by atoms with Crippen molar-refractivity contribution < 1.29 is 0 Å². The monoisotopic (exact) mass is 182 g/mol. The van der Waals surface area contributed by atoms with E-state index in [1.165, 1.54) is 45.3 Å². The fraction of sp³-hybridized carbons (Fsp3) is 1.00. The molecule has 1 saturated carbocycles. The van der Waals surface area contributed by atoms with Gasteiger partial charge in [0.25, 0.3) is 0 Å². The Morgan fingerprint density at radius 2 is 2.23 bits per heavy atom. The highest BCUT2D eigenvalue weighted by Crippen LogP contribution is 2.48. The van der Waals surface area contributed by atoms with Crippen molar-refractivity contribution in [3.8, 4) is 0 Å². The maximum atomic E-state index is 3.53. The molecule has 1 aliphatic carbocycles. The summed E-state index contributed by atoms with van der Waals surface area (Å²) < 4.78 is 0. The molecule has 2 rings (SSSR count). The molecule has 2 nitrogen and oxygen atoms in total. The molecule has 0 aromatic carbocycles. The highest BCUT2D eigenvalue weighted by Gasteiger charge is 2.44. The molecule has 0 amide bonds. The molecule has 13 heavy (non-hydrogen) atoms. The highest BCUT2D eigenvalue weighted by atomic mass is 15.2. The maximum Gasteiger partial charge on any atom is 0.0274 e. The van der Waals surface area contributed by atoms with E-state index in [0.717, 1.165) is 6.04 Å². The topological polar surface area (TPSA) is 15.3 Å². The van der Waals surface area contributed by atoms with Crippen molar-refractivity contribution in [2.24, 2.45) is 5.41 Å². The number of nitrogens with zero attached hydrogens (tertiary/aromatic N) is 1. The van der Waals surface area contributed by atoms with E-state index < -0.39 is 0 Å². The van der Waals surface area contributed by atoms with Crippen LogP contribution in [0.15, 0.2) is 0 Å². The van der Waals surface area contributed by atoms with E-state index in [1.807, 2.05) is 0 Å². The summed E-state index contributed by atoms with van der Waals surface area (Å²) in [6, 6.07) is 0.806. The fourth-order valence-corrected chi connectivity index (χ4v) is 3.04. The van der Waals surface area contributed by atoms with Crippen LogP contribution in [-0.2, 0) is 0 Å². The van der Waals surface area contributed by atoms with Crippen molar-refractivity contribution in [3.63, 3.8) is 0 Å². The van der Waals surface area contributed by atoms with Gasteiger partial charge in [-0.3, -0.25) is 0 Å². The van der Waals surface area contributed by atoms with Crippen LogP contribution >= 0.6 is 0 Å². The second-order valence-corrected chi connectivity index (χ2v) is 4.77. The lowest BCUT2D eigenvalue weighted by atomic mass is 9.61. The van der Waals surface area contributed by atoms with Crippen LogP contribution in [0.1, 0.15) is 32.6 Å². The molecule has 2 aliphatic rings. The minimum atomic E-state index is 0.669. The third-order valence-corrected chi connectivity index (χ3v) is 4.27. The summed E-state index contributed by atoms with van der Waals surface area (Å²) in [5.74, 6) is 0. The van der Waals surface area contributed by atoms with Gasteiger partial charge in [0, 0.05) is 25.7 Å². The van der Waals surface area contributed by atoms with Crippen LogP contribution in [0.3, 0.4) is 0 Å². The predicted molar refractivity (Wildman–Crippen MR) is 55.9 cm³/mol. The first-order chi connectivity index (χ1) is 6.28. The van der Waals surface area contributed by atoms with Gasteiger partial charge in [-0.2, -0.15) is 0 Å². The van der Waals surface area contributed by atoms with Gasteiger partial charge in [-0.1, -0.05) is 13.3 Å². The largest absolute Gasteiger partial charge is 0.314 e. The molecule has 0 bridgehead atoms. The third-order valence-electron chi connectivity index (χ3n) is 4.27. The van der Waals surface area contributed by atoms with Crippen molar-refractivity contribution in [2.45, 2.75) is 38.6 Å². The number of piperazine rings is 1. The molecular weight excluding hydrogens is 160 g/mol. The van der Waals surface area contributed by atoms with E-state index in [-0.39, 0.29) is 0 Å². The summed E-state index contributed by atoms with van der Waals surface area (Å²) >= 11 is 0.